The maximum Gasteiger partial charge on any atom is 0.194 e. The van der Waals surface area contributed by atoms with E-state index in [1.807, 2.05) is 0 Å². The number of epoxide rings is 1. The van der Waals surface area contributed by atoms with E-state index in [1.165, 1.54) is 30.2 Å². The highest BCUT2D eigenvalue weighted by molar-refractivity contribution is 7.99. The molecule has 1 aliphatic heterocycles. The molecule has 0 spiro atoms. The van der Waals surface area contributed by atoms with E-state index in [1.54, 1.807) is 17.7 Å². The molecule has 31 heavy (non-hydrogen) atoms. The molecule has 2 aromatic carbocycles. The predicted molar refractivity (Wildman–Crippen MR) is 109 cm³/mol. The first-order valence-corrected chi connectivity index (χ1v) is 10.9. The first-order valence-electron chi connectivity index (χ1n) is 9.96. The smallest absolute Gasteiger partial charge is 0.194 e. The molecule has 3 aromatic rings. The molecule has 164 valence electrons. The van der Waals surface area contributed by atoms with Crippen LogP contribution < -0.4 is 0 Å². The zero-order valence-corrected chi connectivity index (χ0v) is 17.9. The van der Waals surface area contributed by atoms with E-state index in [-0.39, 0.29) is 12.1 Å². The quantitative estimate of drug-likeness (QED) is 0.145. The van der Waals surface area contributed by atoms with E-state index in [2.05, 4.69) is 17.0 Å². The highest BCUT2D eigenvalue weighted by Gasteiger charge is 2.61. The van der Waals surface area contributed by atoms with Crippen molar-refractivity contribution in [2.24, 2.45) is 0 Å². The predicted octanol–water partition coefficient (Wildman–Crippen LogP) is 5.70. The van der Waals surface area contributed by atoms with Crippen LogP contribution in [0.4, 0.5) is 17.6 Å². The van der Waals surface area contributed by atoms with Crippen LogP contribution in [0.3, 0.4) is 0 Å². The molecule has 0 N–H and O–H groups in total. The number of rotatable bonds is 8. The van der Waals surface area contributed by atoms with Gasteiger partial charge in [-0.15, -0.1) is 0 Å². The minimum Gasteiger partial charge on any atom is -0.354 e. The Morgan fingerprint density at radius 3 is 2.68 bits per heavy atom. The van der Waals surface area contributed by atoms with Gasteiger partial charge < -0.3 is 4.74 Å². The van der Waals surface area contributed by atoms with Crippen molar-refractivity contribution in [3.05, 3.63) is 76.6 Å². The summed E-state index contributed by atoms with van der Waals surface area (Å²) in [7, 11) is 0. The van der Waals surface area contributed by atoms with Gasteiger partial charge in [0.05, 0.1) is 6.54 Å². The van der Waals surface area contributed by atoms with Crippen molar-refractivity contribution in [2.75, 3.05) is 5.75 Å². The Morgan fingerprint density at radius 1 is 1.10 bits per heavy atom. The lowest BCUT2D eigenvalue weighted by atomic mass is 9.88. The number of nitrogens with zero attached hydrogens (tertiary/aromatic N) is 3. The van der Waals surface area contributed by atoms with Crippen LogP contribution in [0.25, 0.3) is 0 Å². The number of ether oxygens (including phenoxy) is 1. The molecule has 0 amide bonds. The zero-order valence-electron chi connectivity index (χ0n) is 17.0. The lowest BCUT2D eigenvalue weighted by Crippen LogP contribution is -2.22. The van der Waals surface area contributed by atoms with E-state index in [9.17, 15) is 17.6 Å². The van der Waals surface area contributed by atoms with Crippen molar-refractivity contribution in [2.45, 2.75) is 50.1 Å². The van der Waals surface area contributed by atoms with E-state index in [0.29, 0.717) is 16.3 Å². The Balaban J connectivity index is 1.74. The van der Waals surface area contributed by atoms with Crippen LogP contribution in [0.5, 0.6) is 0 Å². The molecule has 0 saturated carbocycles. The maximum atomic E-state index is 14.5. The highest BCUT2D eigenvalue weighted by Crippen LogP contribution is 2.59. The Bertz CT molecular complexity index is 1110. The lowest BCUT2D eigenvalue weighted by molar-refractivity contribution is 0.254. The minimum absolute atomic E-state index is 0.120. The van der Waals surface area contributed by atoms with Crippen LogP contribution in [0.1, 0.15) is 42.6 Å². The van der Waals surface area contributed by atoms with Crippen molar-refractivity contribution in [1.82, 2.24) is 14.8 Å². The molecule has 0 radical (unpaired) electrons. The molecule has 1 aromatic heterocycles. The molecular weight excluding hydrogens is 430 g/mol. The second kappa shape index (κ2) is 8.63. The molecule has 9 heteroatoms. The van der Waals surface area contributed by atoms with Gasteiger partial charge >= 0.3 is 0 Å². The van der Waals surface area contributed by atoms with Gasteiger partial charge in [0.1, 0.15) is 23.8 Å². The van der Waals surface area contributed by atoms with Crippen LogP contribution in [0.2, 0.25) is 0 Å². The minimum atomic E-state index is -1.56. The fourth-order valence-corrected chi connectivity index (χ4v) is 4.71. The molecule has 2 atom stereocenters. The molecular formula is C22H21F4N3OS. The van der Waals surface area contributed by atoms with Crippen molar-refractivity contribution in [1.29, 1.82) is 0 Å². The summed E-state index contributed by atoms with van der Waals surface area (Å²) in [6, 6.07) is 6.58. The van der Waals surface area contributed by atoms with Gasteiger partial charge in [-0.25, -0.2) is 27.2 Å². The Kier molecular flexibility index (Phi) is 6.07. The summed E-state index contributed by atoms with van der Waals surface area (Å²) in [5.41, 5.74) is -0.469. The van der Waals surface area contributed by atoms with Crippen molar-refractivity contribution in [3.63, 3.8) is 0 Å². The normalized spacial score (nSPS) is 20.3. The van der Waals surface area contributed by atoms with Gasteiger partial charge in [-0.3, -0.25) is 0 Å². The number of unbranched alkanes of at least 4 members (excludes halogenated alkanes) is 1. The van der Waals surface area contributed by atoms with Crippen LogP contribution >= 0.6 is 11.8 Å². The summed E-state index contributed by atoms with van der Waals surface area (Å²) in [6.45, 7) is 3.81. The average molecular weight is 451 g/mol. The summed E-state index contributed by atoms with van der Waals surface area (Å²) in [4.78, 5) is 4.28. The van der Waals surface area contributed by atoms with Gasteiger partial charge in [-0.2, -0.15) is 5.10 Å². The van der Waals surface area contributed by atoms with Gasteiger partial charge in [0.2, 0.25) is 0 Å². The van der Waals surface area contributed by atoms with Crippen LogP contribution in [0.15, 0.2) is 41.8 Å². The molecule has 1 saturated heterocycles. The number of thioether (sulfide) groups is 1. The fourth-order valence-electron chi connectivity index (χ4n) is 3.71. The molecule has 0 bridgehead atoms. The monoisotopic (exact) mass is 451 g/mol. The fraction of sp³-hybridized carbons (Fsp3) is 0.364. The summed E-state index contributed by atoms with van der Waals surface area (Å²) < 4.78 is 63.8. The summed E-state index contributed by atoms with van der Waals surface area (Å²) in [6.07, 6.45) is 2.52. The average Bonchev–Trinajstić information content (AvgIpc) is 3.29. The number of hydrogen-bond donors (Lipinski definition) is 0. The summed E-state index contributed by atoms with van der Waals surface area (Å²) in [5.74, 6) is -3.73. The van der Waals surface area contributed by atoms with Crippen LogP contribution in [-0.2, 0) is 16.9 Å². The van der Waals surface area contributed by atoms with Crippen LogP contribution in [0, 0.1) is 30.2 Å². The largest absolute Gasteiger partial charge is 0.354 e. The standard InChI is InChI=1S/C22H21F4N3OS/c1-3-4-10-31-21-27-12-28-29(21)11-22(15-6-5-7-16(23)13(15)2)20(30-22)14-8-9-17(24)19(26)18(14)25/h5-9,12,20H,3-4,10-11H2,1-2H3. The van der Waals surface area contributed by atoms with Crippen molar-refractivity contribution >= 4 is 11.8 Å². The Morgan fingerprint density at radius 2 is 1.90 bits per heavy atom. The van der Waals surface area contributed by atoms with Gasteiger partial charge in [0, 0.05) is 11.3 Å². The third-order valence-corrected chi connectivity index (χ3v) is 6.53. The summed E-state index contributed by atoms with van der Waals surface area (Å²) in [5, 5.41) is 4.92. The number of hydrogen-bond acceptors (Lipinski definition) is 4. The molecule has 4 rings (SSSR count). The number of aromatic nitrogens is 3. The summed E-state index contributed by atoms with van der Waals surface area (Å²) >= 11 is 1.53. The lowest BCUT2D eigenvalue weighted by Gasteiger charge is -2.18. The van der Waals surface area contributed by atoms with Gasteiger partial charge in [0.15, 0.2) is 22.6 Å². The highest BCUT2D eigenvalue weighted by atomic mass is 32.2. The van der Waals surface area contributed by atoms with Gasteiger partial charge in [-0.1, -0.05) is 43.3 Å². The molecule has 2 unspecified atom stereocenters. The molecule has 1 fully saturated rings. The van der Waals surface area contributed by atoms with Gasteiger partial charge in [-0.05, 0) is 36.6 Å². The number of benzene rings is 2. The van der Waals surface area contributed by atoms with Gasteiger partial charge in [0.25, 0.3) is 0 Å². The van der Waals surface area contributed by atoms with Crippen molar-refractivity contribution < 1.29 is 22.3 Å². The van der Waals surface area contributed by atoms with E-state index >= 15 is 0 Å². The van der Waals surface area contributed by atoms with E-state index < -0.39 is 35.0 Å². The molecule has 1 aliphatic rings. The first kappa shape index (κ1) is 21.8. The third kappa shape index (κ3) is 3.96. The number of halogens is 4. The molecule has 4 nitrogen and oxygen atoms in total. The van der Waals surface area contributed by atoms with E-state index in [0.717, 1.165) is 30.7 Å². The van der Waals surface area contributed by atoms with Crippen LogP contribution in [-0.4, -0.2) is 20.5 Å². The zero-order chi connectivity index (χ0) is 22.2. The van der Waals surface area contributed by atoms with E-state index in [4.69, 9.17) is 4.74 Å². The Labute approximate surface area is 181 Å². The molecule has 0 aliphatic carbocycles. The maximum absolute atomic E-state index is 14.5. The first-order chi connectivity index (χ1) is 14.9. The second-order valence-electron chi connectivity index (χ2n) is 7.47. The topological polar surface area (TPSA) is 43.2 Å². The molecule has 2 heterocycles. The third-order valence-electron chi connectivity index (χ3n) is 5.46. The second-order valence-corrected chi connectivity index (χ2v) is 8.53. The SMILES string of the molecule is CCCCSc1ncnn1CC1(c2cccc(F)c2C)OC1c1ccc(F)c(F)c1F. The van der Waals surface area contributed by atoms with Crippen molar-refractivity contribution in [3.8, 4) is 0 Å². The Hall–Kier alpha value is -2.39.